The summed E-state index contributed by atoms with van der Waals surface area (Å²) in [5.74, 6) is 0.592. The van der Waals surface area contributed by atoms with E-state index in [-0.39, 0.29) is 0 Å². The van der Waals surface area contributed by atoms with E-state index in [0.717, 1.165) is 12.1 Å². The summed E-state index contributed by atoms with van der Waals surface area (Å²) in [6, 6.07) is 5.08. The minimum atomic E-state index is 0.372. The smallest absolute Gasteiger partial charge is 0.172 e. The standard InChI is InChI=1S/C13H13Cl2N3O2/c1-18-12(11(8-19)16-17-18)3-2-6-20-13-5-4-9(14)7-10(13)15/h4-5,7-8H,2-3,6H2,1H3. The molecule has 0 atom stereocenters. The third kappa shape index (κ3) is 3.49. The Labute approximate surface area is 126 Å². The Bertz CT molecular complexity index is 614. The lowest BCUT2D eigenvalue weighted by atomic mass is 10.2. The maximum absolute atomic E-state index is 10.8. The number of ether oxygens (including phenoxy) is 1. The van der Waals surface area contributed by atoms with Crippen LogP contribution in [0.3, 0.4) is 0 Å². The summed E-state index contributed by atoms with van der Waals surface area (Å²) >= 11 is 11.8. The van der Waals surface area contributed by atoms with E-state index >= 15 is 0 Å². The molecule has 2 rings (SSSR count). The maximum atomic E-state index is 10.8. The van der Waals surface area contributed by atoms with Crippen LogP contribution in [0.25, 0.3) is 0 Å². The highest BCUT2D eigenvalue weighted by molar-refractivity contribution is 6.35. The molecule has 5 nitrogen and oxygen atoms in total. The number of aryl methyl sites for hydroxylation is 1. The summed E-state index contributed by atoms with van der Waals surface area (Å²) < 4.78 is 7.17. The number of benzene rings is 1. The van der Waals surface area contributed by atoms with Gasteiger partial charge in [0, 0.05) is 12.1 Å². The Morgan fingerprint density at radius 1 is 1.40 bits per heavy atom. The van der Waals surface area contributed by atoms with Crippen molar-refractivity contribution in [2.45, 2.75) is 12.8 Å². The summed E-state index contributed by atoms with van der Waals surface area (Å²) in [5.41, 5.74) is 1.17. The van der Waals surface area contributed by atoms with Gasteiger partial charge in [-0.15, -0.1) is 5.10 Å². The van der Waals surface area contributed by atoms with Crippen LogP contribution in [0.15, 0.2) is 18.2 Å². The first-order chi connectivity index (χ1) is 9.61. The molecule has 0 aliphatic rings. The summed E-state index contributed by atoms with van der Waals surface area (Å²) in [5, 5.41) is 8.62. The maximum Gasteiger partial charge on any atom is 0.172 e. The minimum absolute atomic E-state index is 0.372. The first-order valence-electron chi connectivity index (χ1n) is 6.03. The third-order valence-corrected chi connectivity index (χ3v) is 3.32. The molecule has 0 bridgehead atoms. The van der Waals surface area contributed by atoms with Gasteiger partial charge in [-0.2, -0.15) is 0 Å². The van der Waals surface area contributed by atoms with Gasteiger partial charge in [-0.3, -0.25) is 9.48 Å². The monoisotopic (exact) mass is 313 g/mol. The Kier molecular flexibility index (Phi) is 4.98. The molecule has 0 amide bonds. The molecule has 0 radical (unpaired) electrons. The van der Waals surface area contributed by atoms with Crippen molar-refractivity contribution in [1.29, 1.82) is 0 Å². The predicted octanol–water partition coefficient (Wildman–Crippen LogP) is 2.95. The molecular weight excluding hydrogens is 301 g/mol. The second-order valence-electron chi connectivity index (χ2n) is 4.19. The average Bonchev–Trinajstić information content (AvgIpc) is 2.77. The number of hydrogen-bond donors (Lipinski definition) is 0. The largest absolute Gasteiger partial charge is 0.492 e. The highest BCUT2D eigenvalue weighted by Gasteiger charge is 2.09. The second kappa shape index (κ2) is 6.72. The average molecular weight is 314 g/mol. The number of carbonyl (C=O) groups is 1. The Hall–Kier alpha value is -1.59. The highest BCUT2D eigenvalue weighted by atomic mass is 35.5. The number of aromatic nitrogens is 3. The molecule has 1 aromatic carbocycles. The fourth-order valence-electron chi connectivity index (χ4n) is 1.79. The van der Waals surface area contributed by atoms with Crippen LogP contribution in [0.5, 0.6) is 5.75 Å². The zero-order valence-corrected chi connectivity index (χ0v) is 12.4. The molecule has 7 heteroatoms. The van der Waals surface area contributed by atoms with Crippen LogP contribution in [0.4, 0.5) is 0 Å². The van der Waals surface area contributed by atoms with E-state index in [0.29, 0.717) is 40.8 Å². The lowest BCUT2D eigenvalue weighted by molar-refractivity contribution is 0.111. The van der Waals surface area contributed by atoms with Gasteiger partial charge in [0.15, 0.2) is 6.29 Å². The molecule has 0 aliphatic carbocycles. The van der Waals surface area contributed by atoms with Crippen molar-refractivity contribution in [2.24, 2.45) is 7.05 Å². The van der Waals surface area contributed by atoms with Crippen LogP contribution < -0.4 is 4.74 Å². The van der Waals surface area contributed by atoms with E-state index < -0.39 is 0 Å². The van der Waals surface area contributed by atoms with Crippen molar-refractivity contribution in [3.05, 3.63) is 39.6 Å². The summed E-state index contributed by atoms with van der Waals surface area (Å²) in [4.78, 5) is 10.8. The minimum Gasteiger partial charge on any atom is -0.492 e. The van der Waals surface area contributed by atoms with Crippen LogP contribution in [-0.2, 0) is 13.5 Å². The van der Waals surface area contributed by atoms with E-state index in [4.69, 9.17) is 27.9 Å². The molecule has 0 N–H and O–H groups in total. The van der Waals surface area contributed by atoms with E-state index in [9.17, 15) is 4.79 Å². The van der Waals surface area contributed by atoms with Crippen LogP contribution in [0, 0.1) is 0 Å². The number of hydrogen-bond acceptors (Lipinski definition) is 4. The first kappa shape index (κ1) is 14.8. The number of carbonyl (C=O) groups excluding carboxylic acids is 1. The zero-order valence-electron chi connectivity index (χ0n) is 10.8. The van der Waals surface area contributed by atoms with Crippen molar-refractivity contribution in [3.8, 4) is 5.75 Å². The molecule has 0 aliphatic heterocycles. The van der Waals surface area contributed by atoms with Gasteiger partial charge in [0.2, 0.25) is 0 Å². The van der Waals surface area contributed by atoms with Gasteiger partial charge in [-0.05, 0) is 31.0 Å². The number of nitrogens with zero attached hydrogens (tertiary/aromatic N) is 3. The summed E-state index contributed by atoms with van der Waals surface area (Å²) in [6.07, 6.45) is 2.09. The van der Waals surface area contributed by atoms with Gasteiger partial charge in [-0.25, -0.2) is 0 Å². The molecular formula is C13H13Cl2N3O2. The molecule has 0 spiro atoms. The molecule has 1 aromatic heterocycles. The molecule has 20 heavy (non-hydrogen) atoms. The first-order valence-corrected chi connectivity index (χ1v) is 6.79. The third-order valence-electron chi connectivity index (χ3n) is 2.79. The highest BCUT2D eigenvalue weighted by Crippen LogP contribution is 2.27. The lowest BCUT2D eigenvalue weighted by Crippen LogP contribution is -2.05. The predicted molar refractivity (Wildman–Crippen MR) is 76.7 cm³/mol. The van der Waals surface area contributed by atoms with Crippen molar-refractivity contribution < 1.29 is 9.53 Å². The van der Waals surface area contributed by atoms with Gasteiger partial charge >= 0.3 is 0 Å². The van der Waals surface area contributed by atoms with E-state index in [1.54, 1.807) is 29.9 Å². The molecule has 0 unspecified atom stereocenters. The van der Waals surface area contributed by atoms with Gasteiger partial charge in [0.25, 0.3) is 0 Å². The summed E-state index contributed by atoms with van der Waals surface area (Å²) in [6.45, 7) is 0.477. The van der Waals surface area contributed by atoms with Crippen LogP contribution in [-0.4, -0.2) is 27.9 Å². The van der Waals surface area contributed by atoms with Gasteiger partial charge in [-0.1, -0.05) is 28.4 Å². The fourth-order valence-corrected chi connectivity index (χ4v) is 2.25. The number of aldehydes is 1. The lowest BCUT2D eigenvalue weighted by Gasteiger charge is -2.08. The molecule has 2 aromatic rings. The van der Waals surface area contributed by atoms with Crippen molar-refractivity contribution >= 4 is 29.5 Å². The number of halogens is 2. The van der Waals surface area contributed by atoms with Crippen LogP contribution in [0.2, 0.25) is 10.0 Å². The Morgan fingerprint density at radius 2 is 2.20 bits per heavy atom. The molecule has 106 valence electrons. The molecule has 1 heterocycles. The quantitative estimate of drug-likeness (QED) is 0.607. The van der Waals surface area contributed by atoms with Gasteiger partial charge in [0.1, 0.15) is 11.4 Å². The molecule has 0 fully saturated rings. The van der Waals surface area contributed by atoms with E-state index in [1.165, 1.54) is 0 Å². The molecule has 0 saturated heterocycles. The SMILES string of the molecule is Cn1nnc(C=O)c1CCCOc1ccc(Cl)cc1Cl. The Morgan fingerprint density at radius 3 is 2.90 bits per heavy atom. The summed E-state index contributed by atoms with van der Waals surface area (Å²) in [7, 11) is 1.76. The second-order valence-corrected chi connectivity index (χ2v) is 5.03. The van der Waals surface area contributed by atoms with E-state index in [2.05, 4.69) is 10.3 Å². The van der Waals surface area contributed by atoms with Crippen molar-refractivity contribution in [1.82, 2.24) is 15.0 Å². The fraction of sp³-hybridized carbons (Fsp3) is 0.308. The van der Waals surface area contributed by atoms with Gasteiger partial charge in [0.05, 0.1) is 17.3 Å². The van der Waals surface area contributed by atoms with Crippen LogP contribution in [0.1, 0.15) is 22.6 Å². The Balaban J connectivity index is 1.87. The van der Waals surface area contributed by atoms with Crippen molar-refractivity contribution in [2.75, 3.05) is 6.61 Å². The molecule has 0 saturated carbocycles. The van der Waals surface area contributed by atoms with Gasteiger partial charge < -0.3 is 4.74 Å². The number of rotatable bonds is 6. The zero-order chi connectivity index (χ0) is 14.5. The van der Waals surface area contributed by atoms with Crippen molar-refractivity contribution in [3.63, 3.8) is 0 Å². The van der Waals surface area contributed by atoms with E-state index in [1.807, 2.05) is 0 Å². The topological polar surface area (TPSA) is 57.0 Å². The van der Waals surface area contributed by atoms with Crippen LogP contribution >= 0.6 is 23.2 Å². The normalized spacial score (nSPS) is 10.6.